The Bertz CT molecular complexity index is 380. The molecule has 1 fully saturated rings. The Kier molecular flexibility index (Phi) is 4.28. The van der Waals surface area contributed by atoms with Crippen LogP contribution in [0.1, 0.15) is 39.2 Å². The predicted octanol–water partition coefficient (Wildman–Crippen LogP) is 3.36. The van der Waals surface area contributed by atoms with Crippen LogP contribution in [0.3, 0.4) is 0 Å². The molecule has 0 bridgehead atoms. The Labute approximate surface area is 111 Å². The Hall–Kier alpha value is -1.02. The van der Waals surface area contributed by atoms with Crippen molar-refractivity contribution >= 4 is 0 Å². The van der Waals surface area contributed by atoms with E-state index in [1.54, 1.807) is 0 Å². The first-order chi connectivity index (χ1) is 8.64. The molecule has 0 spiro atoms. The van der Waals surface area contributed by atoms with E-state index >= 15 is 0 Å². The van der Waals surface area contributed by atoms with Gasteiger partial charge < -0.3 is 10.1 Å². The largest absolute Gasteiger partial charge is 0.494 e. The summed E-state index contributed by atoms with van der Waals surface area (Å²) in [6.07, 6.45) is 2.54. The molecule has 2 rings (SSSR count). The monoisotopic (exact) mass is 247 g/mol. The fourth-order valence-electron chi connectivity index (χ4n) is 2.93. The zero-order chi connectivity index (χ0) is 13.0. The molecular formula is C16H25NO. The van der Waals surface area contributed by atoms with Gasteiger partial charge >= 0.3 is 0 Å². The number of hydrogen-bond donors (Lipinski definition) is 1. The summed E-state index contributed by atoms with van der Waals surface area (Å²) in [5, 5.41) is 3.45. The average molecular weight is 247 g/mol. The van der Waals surface area contributed by atoms with E-state index in [2.05, 4.69) is 37.4 Å². The third-order valence-electron chi connectivity index (χ3n) is 4.25. The molecule has 100 valence electrons. The summed E-state index contributed by atoms with van der Waals surface area (Å²) in [5.74, 6) is 1.76. The van der Waals surface area contributed by atoms with Crippen molar-refractivity contribution in [2.24, 2.45) is 5.92 Å². The molecule has 2 nitrogen and oxygen atoms in total. The maximum absolute atomic E-state index is 5.62. The standard InChI is InChI=1S/C16H25NO/c1-4-18-15-7-5-6-14(12-15)16(2,3)13-8-10-17-11-9-13/h5-7,12-13,17H,4,8-11H2,1-3H3. The topological polar surface area (TPSA) is 21.3 Å². The van der Waals surface area contributed by atoms with Gasteiger partial charge in [0.1, 0.15) is 5.75 Å². The molecule has 2 heteroatoms. The number of benzene rings is 1. The van der Waals surface area contributed by atoms with Gasteiger partial charge in [0.15, 0.2) is 0 Å². The molecule has 0 radical (unpaired) electrons. The molecule has 1 saturated heterocycles. The Morgan fingerprint density at radius 2 is 2.00 bits per heavy atom. The molecule has 1 heterocycles. The fraction of sp³-hybridized carbons (Fsp3) is 0.625. The highest BCUT2D eigenvalue weighted by Crippen LogP contribution is 2.37. The highest BCUT2D eigenvalue weighted by atomic mass is 16.5. The summed E-state index contributed by atoms with van der Waals surface area (Å²) in [5.41, 5.74) is 1.63. The first kappa shape index (κ1) is 13.4. The van der Waals surface area contributed by atoms with Crippen LogP contribution in [0.5, 0.6) is 5.75 Å². The normalized spacial score (nSPS) is 17.7. The minimum absolute atomic E-state index is 0.231. The van der Waals surface area contributed by atoms with E-state index in [4.69, 9.17) is 4.74 Å². The molecule has 1 N–H and O–H groups in total. The molecule has 1 aliphatic rings. The van der Waals surface area contributed by atoms with Crippen molar-refractivity contribution in [3.63, 3.8) is 0 Å². The van der Waals surface area contributed by atoms with Crippen molar-refractivity contribution in [1.29, 1.82) is 0 Å². The average Bonchev–Trinajstić information content (AvgIpc) is 2.40. The molecule has 1 aliphatic heterocycles. The second-order valence-corrected chi connectivity index (χ2v) is 5.71. The van der Waals surface area contributed by atoms with Crippen LogP contribution in [-0.4, -0.2) is 19.7 Å². The van der Waals surface area contributed by atoms with Crippen LogP contribution in [0.15, 0.2) is 24.3 Å². The minimum Gasteiger partial charge on any atom is -0.494 e. The molecule has 0 atom stereocenters. The van der Waals surface area contributed by atoms with Crippen LogP contribution in [0, 0.1) is 5.92 Å². The van der Waals surface area contributed by atoms with Gasteiger partial charge in [-0.05, 0) is 61.9 Å². The first-order valence-corrected chi connectivity index (χ1v) is 7.08. The van der Waals surface area contributed by atoms with Crippen molar-refractivity contribution in [2.75, 3.05) is 19.7 Å². The lowest BCUT2D eigenvalue weighted by molar-refractivity contribution is 0.246. The molecule has 18 heavy (non-hydrogen) atoms. The highest BCUT2D eigenvalue weighted by Gasteiger charge is 2.32. The van der Waals surface area contributed by atoms with E-state index in [0.717, 1.165) is 31.4 Å². The van der Waals surface area contributed by atoms with Gasteiger partial charge in [0.05, 0.1) is 6.61 Å². The van der Waals surface area contributed by atoms with E-state index in [1.807, 2.05) is 13.0 Å². The lowest BCUT2D eigenvalue weighted by atomic mass is 9.69. The summed E-state index contributed by atoms with van der Waals surface area (Å²) < 4.78 is 5.62. The third kappa shape index (κ3) is 2.86. The minimum atomic E-state index is 0.231. The Balaban J connectivity index is 2.19. The third-order valence-corrected chi connectivity index (χ3v) is 4.25. The molecular weight excluding hydrogens is 222 g/mol. The van der Waals surface area contributed by atoms with Crippen LogP contribution < -0.4 is 10.1 Å². The maximum Gasteiger partial charge on any atom is 0.119 e. The molecule has 1 aromatic carbocycles. The summed E-state index contributed by atoms with van der Waals surface area (Å²) >= 11 is 0. The van der Waals surface area contributed by atoms with Crippen LogP contribution in [-0.2, 0) is 5.41 Å². The summed E-state index contributed by atoms with van der Waals surface area (Å²) in [7, 11) is 0. The number of ether oxygens (including phenoxy) is 1. The number of piperidine rings is 1. The van der Waals surface area contributed by atoms with E-state index in [1.165, 1.54) is 18.4 Å². The predicted molar refractivity (Wildman–Crippen MR) is 76.2 cm³/mol. The zero-order valence-corrected chi connectivity index (χ0v) is 11.8. The summed E-state index contributed by atoms with van der Waals surface area (Å²) in [6.45, 7) is 9.81. The summed E-state index contributed by atoms with van der Waals surface area (Å²) in [6, 6.07) is 8.62. The second-order valence-electron chi connectivity index (χ2n) is 5.71. The molecule has 0 saturated carbocycles. The Morgan fingerprint density at radius 3 is 2.67 bits per heavy atom. The molecule has 0 aliphatic carbocycles. The van der Waals surface area contributed by atoms with Crippen LogP contribution in [0.25, 0.3) is 0 Å². The lowest BCUT2D eigenvalue weighted by Gasteiger charge is -2.38. The number of rotatable bonds is 4. The second kappa shape index (κ2) is 5.75. The fourth-order valence-corrected chi connectivity index (χ4v) is 2.93. The van der Waals surface area contributed by atoms with Crippen LogP contribution in [0.2, 0.25) is 0 Å². The van der Waals surface area contributed by atoms with Gasteiger partial charge in [-0.3, -0.25) is 0 Å². The van der Waals surface area contributed by atoms with Crippen molar-refractivity contribution in [2.45, 2.75) is 39.0 Å². The highest BCUT2D eigenvalue weighted by molar-refractivity contribution is 5.33. The zero-order valence-electron chi connectivity index (χ0n) is 11.8. The van der Waals surface area contributed by atoms with Crippen LogP contribution in [0.4, 0.5) is 0 Å². The number of nitrogens with one attached hydrogen (secondary N) is 1. The van der Waals surface area contributed by atoms with Gasteiger partial charge in [-0.25, -0.2) is 0 Å². The van der Waals surface area contributed by atoms with Gasteiger partial charge in [-0.15, -0.1) is 0 Å². The molecule has 0 unspecified atom stereocenters. The maximum atomic E-state index is 5.62. The van der Waals surface area contributed by atoms with E-state index < -0.39 is 0 Å². The van der Waals surface area contributed by atoms with Crippen molar-refractivity contribution in [1.82, 2.24) is 5.32 Å². The van der Waals surface area contributed by atoms with Crippen molar-refractivity contribution < 1.29 is 4.74 Å². The molecule has 1 aromatic rings. The summed E-state index contributed by atoms with van der Waals surface area (Å²) in [4.78, 5) is 0. The lowest BCUT2D eigenvalue weighted by Crippen LogP contribution is -2.38. The quantitative estimate of drug-likeness (QED) is 0.881. The van der Waals surface area contributed by atoms with Crippen molar-refractivity contribution in [3.05, 3.63) is 29.8 Å². The van der Waals surface area contributed by atoms with Gasteiger partial charge in [-0.1, -0.05) is 26.0 Å². The van der Waals surface area contributed by atoms with Gasteiger partial charge in [-0.2, -0.15) is 0 Å². The smallest absolute Gasteiger partial charge is 0.119 e. The first-order valence-electron chi connectivity index (χ1n) is 7.08. The number of hydrogen-bond acceptors (Lipinski definition) is 2. The van der Waals surface area contributed by atoms with Gasteiger partial charge in [0, 0.05) is 0 Å². The van der Waals surface area contributed by atoms with Crippen molar-refractivity contribution in [3.8, 4) is 5.75 Å². The molecule has 0 aromatic heterocycles. The van der Waals surface area contributed by atoms with E-state index in [9.17, 15) is 0 Å². The van der Waals surface area contributed by atoms with E-state index in [0.29, 0.717) is 0 Å². The van der Waals surface area contributed by atoms with Crippen LogP contribution >= 0.6 is 0 Å². The van der Waals surface area contributed by atoms with Gasteiger partial charge in [0.25, 0.3) is 0 Å². The Morgan fingerprint density at radius 1 is 1.28 bits per heavy atom. The molecule has 0 amide bonds. The van der Waals surface area contributed by atoms with Gasteiger partial charge in [0.2, 0.25) is 0 Å². The SMILES string of the molecule is CCOc1cccc(C(C)(C)C2CCNCC2)c1. The van der Waals surface area contributed by atoms with E-state index in [-0.39, 0.29) is 5.41 Å².